The van der Waals surface area contributed by atoms with E-state index in [1.54, 1.807) is 19.9 Å². The number of anilines is 1. The molecule has 0 atom stereocenters. The van der Waals surface area contributed by atoms with E-state index < -0.39 is 5.41 Å². The Morgan fingerprint density at radius 2 is 2.05 bits per heavy atom. The maximum atomic E-state index is 12.4. The number of imide groups is 1. The van der Waals surface area contributed by atoms with Gasteiger partial charge in [0.15, 0.2) is 0 Å². The molecule has 19 heavy (non-hydrogen) atoms. The van der Waals surface area contributed by atoms with Crippen LogP contribution < -0.4 is 16.4 Å². The first-order chi connectivity index (χ1) is 8.90. The molecule has 0 spiro atoms. The SMILES string of the molecule is CC(C)(CN)C(=O)N1C(=O)Cc2cc(CN)ccc21. The van der Waals surface area contributed by atoms with Crippen molar-refractivity contribution >= 4 is 17.5 Å². The molecule has 1 heterocycles. The molecule has 0 aromatic heterocycles. The monoisotopic (exact) mass is 261 g/mol. The quantitative estimate of drug-likeness (QED) is 0.831. The molecule has 4 N–H and O–H groups in total. The largest absolute Gasteiger partial charge is 0.329 e. The molecule has 1 aromatic carbocycles. The Labute approximate surface area is 112 Å². The summed E-state index contributed by atoms with van der Waals surface area (Å²) in [5.41, 5.74) is 12.9. The van der Waals surface area contributed by atoms with E-state index in [2.05, 4.69) is 0 Å². The molecular formula is C14H19N3O2. The number of hydrogen-bond acceptors (Lipinski definition) is 4. The number of nitrogens with zero attached hydrogens (tertiary/aromatic N) is 1. The maximum absolute atomic E-state index is 12.4. The Morgan fingerprint density at radius 1 is 1.37 bits per heavy atom. The van der Waals surface area contributed by atoms with E-state index in [1.807, 2.05) is 12.1 Å². The van der Waals surface area contributed by atoms with E-state index >= 15 is 0 Å². The van der Waals surface area contributed by atoms with Crippen molar-refractivity contribution in [2.75, 3.05) is 11.4 Å². The van der Waals surface area contributed by atoms with Gasteiger partial charge in [0.1, 0.15) is 0 Å². The van der Waals surface area contributed by atoms with Gasteiger partial charge in [-0.25, -0.2) is 4.90 Å². The normalized spacial score (nSPS) is 14.7. The van der Waals surface area contributed by atoms with Crippen LogP contribution in [-0.2, 0) is 22.6 Å². The highest BCUT2D eigenvalue weighted by Gasteiger charge is 2.39. The zero-order chi connectivity index (χ0) is 14.2. The van der Waals surface area contributed by atoms with Crippen molar-refractivity contribution in [3.05, 3.63) is 29.3 Å². The van der Waals surface area contributed by atoms with Gasteiger partial charge in [0, 0.05) is 13.1 Å². The molecule has 0 fully saturated rings. The molecule has 0 saturated heterocycles. The lowest BCUT2D eigenvalue weighted by Crippen LogP contribution is -2.46. The van der Waals surface area contributed by atoms with Crippen LogP contribution >= 0.6 is 0 Å². The third kappa shape index (κ3) is 2.27. The Kier molecular flexibility index (Phi) is 3.43. The number of rotatable bonds is 3. The summed E-state index contributed by atoms with van der Waals surface area (Å²) in [7, 11) is 0. The second kappa shape index (κ2) is 4.75. The third-order valence-electron chi connectivity index (χ3n) is 3.50. The van der Waals surface area contributed by atoms with E-state index in [4.69, 9.17) is 11.5 Å². The first-order valence-electron chi connectivity index (χ1n) is 6.30. The summed E-state index contributed by atoms with van der Waals surface area (Å²) in [5.74, 6) is -0.449. The predicted octanol–water partition coefficient (Wildman–Crippen LogP) is 0.546. The molecule has 0 saturated carbocycles. The van der Waals surface area contributed by atoms with Gasteiger partial charge in [0.2, 0.25) is 11.8 Å². The van der Waals surface area contributed by atoms with E-state index in [0.29, 0.717) is 12.2 Å². The predicted molar refractivity (Wildman–Crippen MR) is 73.4 cm³/mol. The summed E-state index contributed by atoms with van der Waals surface area (Å²) >= 11 is 0. The van der Waals surface area contributed by atoms with E-state index in [0.717, 1.165) is 11.1 Å². The molecule has 2 amide bonds. The zero-order valence-corrected chi connectivity index (χ0v) is 11.3. The summed E-state index contributed by atoms with van der Waals surface area (Å²) in [6.45, 7) is 4.11. The minimum atomic E-state index is -0.746. The fourth-order valence-corrected chi connectivity index (χ4v) is 2.11. The molecule has 2 rings (SSSR count). The van der Waals surface area contributed by atoms with Crippen LogP contribution in [0.15, 0.2) is 18.2 Å². The van der Waals surface area contributed by atoms with Crippen LogP contribution in [0.2, 0.25) is 0 Å². The summed E-state index contributed by atoms with van der Waals surface area (Å²) in [5, 5.41) is 0. The van der Waals surface area contributed by atoms with Gasteiger partial charge in [-0.05, 0) is 31.0 Å². The molecule has 1 aromatic rings. The highest BCUT2D eigenvalue weighted by atomic mass is 16.2. The number of carbonyl (C=O) groups is 2. The van der Waals surface area contributed by atoms with Gasteiger partial charge in [-0.15, -0.1) is 0 Å². The number of fused-ring (bicyclic) bond motifs is 1. The number of carbonyl (C=O) groups excluding carboxylic acids is 2. The van der Waals surface area contributed by atoms with Gasteiger partial charge < -0.3 is 11.5 Å². The Bertz CT molecular complexity index is 537. The van der Waals surface area contributed by atoms with Crippen LogP contribution in [-0.4, -0.2) is 18.4 Å². The standard InChI is InChI=1S/C14H19N3O2/c1-14(2,8-16)13(19)17-11-4-3-9(7-15)5-10(11)6-12(17)18/h3-5H,6-8,15-16H2,1-2H3. The molecule has 5 nitrogen and oxygen atoms in total. The van der Waals surface area contributed by atoms with E-state index in [9.17, 15) is 9.59 Å². The smallest absolute Gasteiger partial charge is 0.240 e. The number of nitrogens with two attached hydrogens (primary N) is 2. The van der Waals surface area contributed by atoms with Crippen molar-refractivity contribution in [3.63, 3.8) is 0 Å². The lowest BCUT2D eigenvalue weighted by molar-refractivity contribution is -0.130. The Morgan fingerprint density at radius 3 is 2.63 bits per heavy atom. The van der Waals surface area contributed by atoms with Gasteiger partial charge in [0.25, 0.3) is 0 Å². The lowest BCUT2D eigenvalue weighted by Gasteiger charge is -2.27. The second-order valence-corrected chi connectivity index (χ2v) is 5.47. The van der Waals surface area contributed by atoms with Gasteiger partial charge in [-0.2, -0.15) is 0 Å². The van der Waals surface area contributed by atoms with Crippen molar-refractivity contribution in [1.29, 1.82) is 0 Å². The Hall–Kier alpha value is -1.72. The third-order valence-corrected chi connectivity index (χ3v) is 3.50. The molecule has 1 aliphatic heterocycles. The van der Waals surface area contributed by atoms with Gasteiger partial charge in [-0.3, -0.25) is 9.59 Å². The summed E-state index contributed by atoms with van der Waals surface area (Å²) in [6, 6.07) is 5.51. The van der Waals surface area contributed by atoms with Crippen LogP contribution in [0.25, 0.3) is 0 Å². The molecule has 0 radical (unpaired) electrons. The van der Waals surface area contributed by atoms with Crippen molar-refractivity contribution in [2.45, 2.75) is 26.8 Å². The molecule has 0 aliphatic carbocycles. The summed E-state index contributed by atoms with van der Waals surface area (Å²) < 4.78 is 0. The molecule has 1 aliphatic rings. The second-order valence-electron chi connectivity index (χ2n) is 5.47. The number of benzene rings is 1. The van der Waals surface area contributed by atoms with E-state index in [-0.39, 0.29) is 24.8 Å². The highest BCUT2D eigenvalue weighted by molar-refractivity contribution is 6.20. The molecule has 0 unspecified atom stereocenters. The van der Waals surface area contributed by atoms with Crippen LogP contribution in [0.4, 0.5) is 5.69 Å². The minimum Gasteiger partial charge on any atom is -0.329 e. The molecular weight excluding hydrogens is 242 g/mol. The minimum absolute atomic E-state index is 0.198. The van der Waals surface area contributed by atoms with Crippen molar-refractivity contribution in [3.8, 4) is 0 Å². The maximum Gasteiger partial charge on any atom is 0.240 e. The van der Waals surface area contributed by atoms with Crippen molar-refractivity contribution in [1.82, 2.24) is 0 Å². The average Bonchev–Trinajstić information content (AvgIpc) is 2.72. The number of amides is 2. The zero-order valence-electron chi connectivity index (χ0n) is 11.3. The van der Waals surface area contributed by atoms with Crippen molar-refractivity contribution in [2.24, 2.45) is 16.9 Å². The fraction of sp³-hybridized carbons (Fsp3) is 0.429. The average molecular weight is 261 g/mol. The first kappa shape index (κ1) is 13.7. The summed E-state index contributed by atoms with van der Waals surface area (Å²) in [6.07, 6.45) is 0.246. The Balaban J connectivity index is 2.41. The van der Waals surface area contributed by atoms with E-state index in [1.165, 1.54) is 4.90 Å². The topological polar surface area (TPSA) is 89.4 Å². The number of hydrogen-bond donors (Lipinski definition) is 2. The van der Waals surface area contributed by atoms with Crippen LogP contribution in [0.5, 0.6) is 0 Å². The summed E-state index contributed by atoms with van der Waals surface area (Å²) in [4.78, 5) is 25.7. The molecule has 102 valence electrons. The van der Waals surface area contributed by atoms with Crippen molar-refractivity contribution < 1.29 is 9.59 Å². The fourth-order valence-electron chi connectivity index (χ4n) is 2.11. The molecule has 5 heteroatoms. The van der Waals surface area contributed by atoms with Crippen LogP contribution in [0, 0.1) is 5.41 Å². The van der Waals surface area contributed by atoms with Gasteiger partial charge in [0.05, 0.1) is 17.5 Å². The lowest BCUT2D eigenvalue weighted by atomic mass is 9.92. The molecule has 0 bridgehead atoms. The highest BCUT2D eigenvalue weighted by Crippen LogP contribution is 2.33. The van der Waals surface area contributed by atoms with Crippen LogP contribution in [0.3, 0.4) is 0 Å². The van der Waals surface area contributed by atoms with Gasteiger partial charge in [-0.1, -0.05) is 12.1 Å². The van der Waals surface area contributed by atoms with Gasteiger partial charge >= 0.3 is 0 Å². The van der Waals surface area contributed by atoms with Crippen LogP contribution in [0.1, 0.15) is 25.0 Å². The first-order valence-corrected chi connectivity index (χ1v) is 6.30.